The maximum absolute atomic E-state index is 8.22. The van der Waals surface area contributed by atoms with E-state index in [2.05, 4.69) is 163 Å². The van der Waals surface area contributed by atoms with Gasteiger partial charge in [0, 0.05) is 26.1 Å². The molecule has 0 aliphatic rings. The zero-order valence-corrected chi connectivity index (χ0v) is 33.3. The molecule has 2 nitrogen and oxygen atoms in total. The van der Waals surface area contributed by atoms with Gasteiger partial charge in [0.15, 0.2) is 0 Å². The van der Waals surface area contributed by atoms with Crippen molar-refractivity contribution >= 4 is 47.5 Å². The highest BCUT2D eigenvalue weighted by atomic mass is 35.6. The summed E-state index contributed by atoms with van der Waals surface area (Å²) in [6.07, 6.45) is 15.7. The Balaban J connectivity index is 0.000000293. The number of hydrogen-bond acceptors (Lipinski definition) is 2. The fourth-order valence-corrected chi connectivity index (χ4v) is 14.8. The molecule has 4 rings (SSSR count). The van der Waals surface area contributed by atoms with E-state index in [9.17, 15) is 0 Å². The third-order valence-electron chi connectivity index (χ3n) is 8.56. The molecular formula is C44H57ClO2Si2. The second kappa shape index (κ2) is 21.0. The molecule has 0 unspecified atom stereocenters. The molecule has 0 saturated heterocycles. The van der Waals surface area contributed by atoms with E-state index in [-0.39, 0.29) is 16.7 Å². The number of rotatable bonds is 12. The predicted molar refractivity (Wildman–Crippen MR) is 220 cm³/mol. The van der Waals surface area contributed by atoms with Crippen molar-refractivity contribution in [2.75, 3.05) is 13.2 Å². The first-order chi connectivity index (χ1) is 23.4. The first-order valence-corrected chi connectivity index (χ1v) is 22.3. The third-order valence-corrected chi connectivity index (χ3v) is 20.9. The molecule has 0 aliphatic heterocycles. The van der Waals surface area contributed by atoms with Crippen LogP contribution in [0.5, 0.6) is 0 Å². The number of benzene rings is 4. The molecular weight excluding hydrogens is 652 g/mol. The summed E-state index contributed by atoms with van der Waals surface area (Å²) in [7, 11) is -4.59. The molecule has 5 heteroatoms. The number of aliphatic hydroxyl groups excluding tert-OH is 1. The van der Waals surface area contributed by atoms with Gasteiger partial charge in [-0.05, 0) is 56.5 Å². The van der Waals surface area contributed by atoms with E-state index in [1.807, 2.05) is 12.1 Å². The van der Waals surface area contributed by atoms with Gasteiger partial charge >= 0.3 is 0 Å². The Kier molecular flexibility index (Phi) is 17.9. The molecule has 0 spiro atoms. The minimum Gasteiger partial charge on any atom is -0.407 e. The van der Waals surface area contributed by atoms with Crippen LogP contribution in [-0.2, 0) is 4.43 Å². The molecule has 0 aliphatic carbocycles. The molecule has 0 radical (unpaired) electrons. The minimum atomic E-state index is -2.36. The van der Waals surface area contributed by atoms with Crippen LogP contribution in [0.2, 0.25) is 10.1 Å². The van der Waals surface area contributed by atoms with Gasteiger partial charge in [-0.2, -0.15) is 11.1 Å². The van der Waals surface area contributed by atoms with Crippen LogP contribution in [0.15, 0.2) is 121 Å². The van der Waals surface area contributed by atoms with Crippen molar-refractivity contribution in [2.45, 2.75) is 90.1 Å². The molecule has 260 valence electrons. The van der Waals surface area contributed by atoms with E-state index >= 15 is 0 Å². The Morgan fingerprint density at radius 1 is 0.551 bits per heavy atom. The average molecular weight is 710 g/mol. The van der Waals surface area contributed by atoms with Crippen LogP contribution >= 0.6 is 11.1 Å². The molecule has 0 saturated carbocycles. The normalized spacial score (nSPS) is 11.6. The molecule has 0 atom stereocenters. The van der Waals surface area contributed by atoms with Gasteiger partial charge < -0.3 is 9.53 Å². The van der Waals surface area contributed by atoms with E-state index < -0.39 is 15.7 Å². The highest BCUT2D eigenvalue weighted by molar-refractivity contribution is 7.35. The second-order valence-corrected chi connectivity index (χ2v) is 24.2. The Bertz CT molecular complexity index is 1450. The fourth-order valence-electron chi connectivity index (χ4n) is 6.02. The molecule has 0 heterocycles. The van der Waals surface area contributed by atoms with Gasteiger partial charge in [-0.25, -0.2) is 0 Å². The van der Waals surface area contributed by atoms with E-state index in [0.717, 1.165) is 45.1 Å². The molecule has 4 aromatic carbocycles. The van der Waals surface area contributed by atoms with Gasteiger partial charge in [0.25, 0.3) is 8.32 Å². The zero-order valence-electron chi connectivity index (χ0n) is 30.6. The molecule has 4 aromatic rings. The number of hydrogen-bond donors (Lipinski definition) is 1. The lowest BCUT2D eigenvalue weighted by Gasteiger charge is -2.43. The van der Waals surface area contributed by atoms with E-state index in [0.29, 0.717) is 0 Å². The van der Waals surface area contributed by atoms with E-state index in [1.165, 1.54) is 20.7 Å². The van der Waals surface area contributed by atoms with Crippen molar-refractivity contribution in [1.29, 1.82) is 0 Å². The van der Waals surface area contributed by atoms with Gasteiger partial charge in [0.2, 0.25) is 7.38 Å². The molecule has 49 heavy (non-hydrogen) atoms. The number of aliphatic hydroxyl groups is 1. The van der Waals surface area contributed by atoms with E-state index in [1.54, 1.807) is 0 Å². The highest BCUT2D eigenvalue weighted by Gasteiger charge is 2.50. The van der Waals surface area contributed by atoms with Crippen molar-refractivity contribution in [3.8, 4) is 24.7 Å². The molecule has 1 N–H and O–H groups in total. The summed E-state index contributed by atoms with van der Waals surface area (Å²) in [5.74, 6) is 5.21. The third kappa shape index (κ3) is 11.9. The predicted octanol–water partition coefficient (Wildman–Crippen LogP) is 8.93. The van der Waals surface area contributed by atoms with E-state index in [4.69, 9.17) is 33.5 Å². The Hall–Kier alpha value is -3.36. The Labute approximate surface area is 305 Å². The van der Waals surface area contributed by atoms with Crippen LogP contribution in [0.3, 0.4) is 0 Å². The van der Waals surface area contributed by atoms with Crippen LogP contribution in [0.1, 0.15) is 80.1 Å². The van der Waals surface area contributed by atoms with Crippen molar-refractivity contribution in [3.05, 3.63) is 121 Å². The summed E-state index contributed by atoms with van der Waals surface area (Å²) < 4.78 is 6.78. The number of unbranched alkanes of at least 4 members (excludes halogenated alkanes) is 4. The van der Waals surface area contributed by atoms with Crippen molar-refractivity contribution < 1.29 is 9.53 Å². The highest BCUT2D eigenvalue weighted by Crippen LogP contribution is 2.38. The van der Waals surface area contributed by atoms with Gasteiger partial charge in [-0.15, -0.1) is 24.7 Å². The smallest absolute Gasteiger partial charge is 0.261 e. The summed E-state index contributed by atoms with van der Waals surface area (Å²) >= 11 is 7.21. The topological polar surface area (TPSA) is 29.5 Å². The first-order valence-electron chi connectivity index (χ1n) is 17.4. The molecule has 0 amide bonds. The van der Waals surface area contributed by atoms with Crippen molar-refractivity contribution in [3.63, 3.8) is 0 Å². The SMILES string of the molecule is C#CCCCCO.C#CCCCCO[Si](c1ccccc1)(c1ccccc1)C(C)(C)C.CC(C)(C)[Si](Cl)(c1ccccc1)c1ccccc1. The lowest BCUT2D eigenvalue weighted by molar-refractivity contribution is 0.285. The zero-order chi connectivity index (χ0) is 36.2. The quantitative estimate of drug-likeness (QED) is 0.0690. The maximum atomic E-state index is 8.22. The average Bonchev–Trinajstić information content (AvgIpc) is 3.11. The van der Waals surface area contributed by atoms with Crippen molar-refractivity contribution in [1.82, 2.24) is 0 Å². The Morgan fingerprint density at radius 2 is 0.898 bits per heavy atom. The monoisotopic (exact) mass is 708 g/mol. The van der Waals surface area contributed by atoms with Crippen LogP contribution < -0.4 is 20.7 Å². The summed E-state index contributed by atoms with van der Waals surface area (Å²) in [4.78, 5) is 0. The Morgan fingerprint density at radius 3 is 1.20 bits per heavy atom. The molecule has 0 aromatic heterocycles. The van der Waals surface area contributed by atoms with Crippen LogP contribution in [0.25, 0.3) is 0 Å². The van der Waals surface area contributed by atoms with Gasteiger partial charge in [-0.1, -0.05) is 163 Å². The van der Waals surface area contributed by atoms with Gasteiger partial charge in [0.05, 0.1) is 0 Å². The summed E-state index contributed by atoms with van der Waals surface area (Å²) in [6.45, 7) is 14.7. The van der Waals surface area contributed by atoms with Gasteiger partial charge in [-0.3, -0.25) is 0 Å². The van der Waals surface area contributed by atoms with Crippen LogP contribution in [0.4, 0.5) is 0 Å². The minimum absolute atomic E-state index is 0.0435. The standard InChI is InChI=1S/C22H28OSi.C16H19ClSi.C6H10O/c1-5-6-7-14-19-23-24(22(2,3)4,20-15-10-8-11-16-20)21-17-12-9-13-18-21;1-16(2,3)18(17,14-10-6-4-7-11-14)15-12-8-5-9-13-15;1-2-3-4-5-6-7/h1,8-13,15-18H,6-7,14,19H2,2-4H3;4-13H,1-3H3;1,7H,3-6H2. The molecule has 0 bridgehead atoms. The summed E-state index contributed by atoms with van der Waals surface area (Å²) in [6, 6.07) is 42.6. The fraction of sp³-hybridized carbons (Fsp3) is 0.364. The summed E-state index contributed by atoms with van der Waals surface area (Å²) in [5.41, 5.74) is 0. The maximum Gasteiger partial charge on any atom is 0.261 e. The number of halogens is 1. The molecule has 0 fully saturated rings. The summed E-state index contributed by atoms with van der Waals surface area (Å²) in [5, 5.41) is 13.6. The second-order valence-electron chi connectivity index (χ2n) is 14.2. The largest absolute Gasteiger partial charge is 0.407 e. The lowest BCUT2D eigenvalue weighted by Crippen LogP contribution is -2.66. The van der Waals surface area contributed by atoms with Crippen LogP contribution in [0, 0.1) is 24.7 Å². The van der Waals surface area contributed by atoms with Crippen LogP contribution in [-0.4, -0.2) is 34.0 Å². The lowest BCUT2D eigenvalue weighted by atomic mass is 10.2. The van der Waals surface area contributed by atoms with Crippen molar-refractivity contribution in [2.24, 2.45) is 0 Å². The van der Waals surface area contributed by atoms with Gasteiger partial charge in [0.1, 0.15) is 0 Å². The first kappa shape index (κ1) is 41.8. The number of terminal acetylenes is 2.